The van der Waals surface area contributed by atoms with Gasteiger partial charge in [0, 0.05) is 24.8 Å². The Morgan fingerprint density at radius 1 is 1.29 bits per heavy atom. The minimum Gasteiger partial charge on any atom is -0.435 e. The van der Waals surface area contributed by atoms with Gasteiger partial charge in [-0.25, -0.2) is 13.8 Å². The summed E-state index contributed by atoms with van der Waals surface area (Å²) in [6, 6.07) is 2.59. The summed E-state index contributed by atoms with van der Waals surface area (Å²) in [5.74, 6) is -4.74. The molecule has 1 amide bonds. The Bertz CT molecular complexity index is 976. The number of rotatable bonds is 5. The first-order valence-electron chi connectivity index (χ1n) is 9.49. The molecule has 0 aliphatic heterocycles. The van der Waals surface area contributed by atoms with Crippen LogP contribution in [0.15, 0.2) is 18.2 Å². The topological polar surface area (TPSA) is 51.2 Å². The number of carbonyl (C=O) groups excluding carboxylic acids is 1. The van der Waals surface area contributed by atoms with E-state index in [9.17, 15) is 35.5 Å². The lowest BCUT2D eigenvalue weighted by Crippen LogP contribution is -2.35. The van der Waals surface area contributed by atoms with E-state index in [2.05, 4.69) is 15.0 Å². The summed E-state index contributed by atoms with van der Waals surface area (Å²) < 4.78 is 96.6. The van der Waals surface area contributed by atoms with Crippen LogP contribution in [0.1, 0.15) is 47.3 Å². The van der Waals surface area contributed by atoms with Crippen LogP contribution >= 0.6 is 0 Å². The largest absolute Gasteiger partial charge is 0.435 e. The quantitative estimate of drug-likeness (QED) is 0.591. The van der Waals surface area contributed by atoms with Crippen LogP contribution in [0.4, 0.5) is 30.7 Å². The second-order valence-electron chi connectivity index (χ2n) is 7.60. The fourth-order valence-corrected chi connectivity index (χ4v) is 3.75. The lowest BCUT2D eigenvalue weighted by atomic mass is 9.86. The first-order chi connectivity index (χ1) is 14.4. The number of hydrogen-bond acceptors (Lipinski definition) is 3. The van der Waals surface area contributed by atoms with Crippen LogP contribution in [0.3, 0.4) is 0 Å². The summed E-state index contributed by atoms with van der Waals surface area (Å²) in [7, 11) is 0. The summed E-state index contributed by atoms with van der Waals surface area (Å²) >= 11 is 0. The third kappa shape index (κ3) is 5.56. The van der Waals surface area contributed by atoms with Crippen LogP contribution in [0.2, 0.25) is 0 Å². The van der Waals surface area contributed by atoms with E-state index in [1.54, 1.807) is 0 Å². The molecule has 1 N–H and O–H groups in total. The summed E-state index contributed by atoms with van der Waals surface area (Å²) in [6.07, 6.45) is -4.70. The standard InChI is InChI=1S/C20H19F7N2O2/c1-10-5-15(17(30)28-9-11-3-2-4-19(23,24)8-11)29-16-13(10)6-12(31-18(21)22)7-14(16)20(25,26)27/h5-7,11,18H,2-4,8-9H2,1H3,(H,28,30)/t11-/m0/s1. The zero-order valence-electron chi connectivity index (χ0n) is 16.3. The van der Waals surface area contributed by atoms with E-state index >= 15 is 0 Å². The molecule has 1 aliphatic carbocycles. The number of aromatic nitrogens is 1. The molecule has 0 unspecified atom stereocenters. The van der Waals surface area contributed by atoms with Crippen LogP contribution in [-0.4, -0.2) is 30.0 Å². The van der Waals surface area contributed by atoms with E-state index in [1.807, 2.05) is 0 Å². The average molecular weight is 452 g/mol. The van der Waals surface area contributed by atoms with Crippen LogP contribution < -0.4 is 10.1 Å². The normalized spacial score (nSPS) is 18.9. The number of hydrogen-bond donors (Lipinski definition) is 1. The highest BCUT2D eigenvalue weighted by atomic mass is 19.4. The van der Waals surface area contributed by atoms with E-state index in [-0.39, 0.29) is 36.0 Å². The number of alkyl halides is 7. The smallest absolute Gasteiger partial charge is 0.418 e. The first kappa shape index (κ1) is 23.1. The van der Waals surface area contributed by atoms with Crippen molar-refractivity contribution in [1.82, 2.24) is 10.3 Å². The highest BCUT2D eigenvalue weighted by Gasteiger charge is 2.37. The van der Waals surface area contributed by atoms with Crippen molar-refractivity contribution in [2.75, 3.05) is 6.54 Å². The molecule has 31 heavy (non-hydrogen) atoms. The average Bonchev–Trinajstić information content (AvgIpc) is 2.64. The second-order valence-corrected chi connectivity index (χ2v) is 7.60. The zero-order chi connectivity index (χ0) is 23.0. The Morgan fingerprint density at radius 2 is 2.00 bits per heavy atom. The highest BCUT2D eigenvalue weighted by molar-refractivity contribution is 5.97. The maximum atomic E-state index is 13.5. The molecule has 0 spiro atoms. The molecule has 1 atom stereocenters. The predicted molar refractivity (Wildman–Crippen MR) is 97.4 cm³/mol. The van der Waals surface area contributed by atoms with Crippen molar-refractivity contribution in [1.29, 1.82) is 0 Å². The number of pyridine rings is 1. The third-order valence-electron chi connectivity index (χ3n) is 5.15. The monoisotopic (exact) mass is 452 g/mol. The number of benzene rings is 1. The Morgan fingerprint density at radius 3 is 2.61 bits per heavy atom. The minimum absolute atomic E-state index is 0.0551. The van der Waals surface area contributed by atoms with Crippen molar-refractivity contribution >= 4 is 16.8 Å². The van der Waals surface area contributed by atoms with Gasteiger partial charge in [-0.2, -0.15) is 22.0 Å². The third-order valence-corrected chi connectivity index (χ3v) is 5.15. The molecule has 1 aliphatic rings. The van der Waals surface area contributed by atoms with Gasteiger partial charge in [-0.05, 0) is 49.4 Å². The van der Waals surface area contributed by atoms with Gasteiger partial charge in [-0.1, -0.05) is 0 Å². The number of carbonyl (C=O) groups is 1. The molecule has 0 bridgehead atoms. The van der Waals surface area contributed by atoms with Crippen molar-refractivity contribution in [3.63, 3.8) is 0 Å². The molecule has 3 rings (SSSR count). The van der Waals surface area contributed by atoms with Crippen molar-refractivity contribution in [2.45, 2.75) is 51.3 Å². The molecule has 0 saturated heterocycles. The van der Waals surface area contributed by atoms with Crippen molar-refractivity contribution in [2.24, 2.45) is 5.92 Å². The first-order valence-corrected chi connectivity index (χ1v) is 9.49. The van der Waals surface area contributed by atoms with Gasteiger partial charge >= 0.3 is 12.8 Å². The number of aryl methyl sites for hydroxylation is 1. The van der Waals surface area contributed by atoms with Gasteiger partial charge in [0.05, 0.1) is 11.1 Å². The molecule has 1 aromatic heterocycles. The molecule has 1 fully saturated rings. The Labute approximate surface area is 172 Å². The summed E-state index contributed by atoms with van der Waals surface area (Å²) in [6.45, 7) is -1.97. The molecule has 1 heterocycles. The van der Waals surface area contributed by atoms with Gasteiger partial charge in [0.1, 0.15) is 11.4 Å². The van der Waals surface area contributed by atoms with Gasteiger partial charge in [0.15, 0.2) is 0 Å². The molecule has 11 heteroatoms. The number of ether oxygens (including phenoxy) is 1. The molecule has 0 radical (unpaired) electrons. The predicted octanol–water partition coefficient (Wildman–Crippen LogP) is 5.72. The van der Waals surface area contributed by atoms with Gasteiger partial charge in [-0.15, -0.1) is 0 Å². The van der Waals surface area contributed by atoms with E-state index < -0.39 is 47.4 Å². The lowest BCUT2D eigenvalue weighted by molar-refractivity contribution is -0.136. The van der Waals surface area contributed by atoms with Crippen LogP contribution in [0.25, 0.3) is 10.9 Å². The number of nitrogens with one attached hydrogen (secondary N) is 1. The van der Waals surface area contributed by atoms with E-state index in [0.29, 0.717) is 18.9 Å². The van der Waals surface area contributed by atoms with Gasteiger partial charge in [0.2, 0.25) is 5.92 Å². The summed E-state index contributed by atoms with van der Waals surface area (Å²) in [5, 5.41) is 2.35. The maximum Gasteiger partial charge on any atom is 0.418 e. The number of halogens is 7. The maximum absolute atomic E-state index is 13.5. The molecular weight excluding hydrogens is 433 g/mol. The number of nitrogens with zero attached hydrogens (tertiary/aromatic N) is 1. The molecular formula is C20H19F7N2O2. The van der Waals surface area contributed by atoms with Crippen LogP contribution in [-0.2, 0) is 6.18 Å². The fraction of sp³-hybridized carbons (Fsp3) is 0.500. The van der Waals surface area contributed by atoms with E-state index in [4.69, 9.17) is 0 Å². The van der Waals surface area contributed by atoms with Gasteiger partial charge < -0.3 is 10.1 Å². The molecule has 170 valence electrons. The van der Waals surface area contributed by atoms with Crippen LogP contribution in [0.5, 0.6) is 5.75 Å². The van der Waals surface area contributed by atoms with E-state index in [0.717, 1.165) is 6.07 Å². The fourth-order valence-electron chi connectivity index (χ4n) is 3.75. The molecule has 1 saturated carbocycles. The Hall–Kier alpha value is -2.59. The zero-order valence-corrected chi connectivity index (χ0v) is 16.3. The van der Waals surface area contributed by atoms with E-state index in [1.165, 1.54) is 13.0 Å². The second kappa shape index (κ2) is 8.51. The Balaban J connectivity index is 1.90. The lowest BCUT2D eigenvalue weighted by Gasteiger charge is -2.28. The Kier molecular flexibility index (Phi) is 6.33. The van der Waals surface area contributed by atoms with Gasteiger partial charge in [-0.3, -0.25) is 4.79 Å². The summed E-state index contributed by atoms with van der Waals surface area (Å²) in [5.41, 5.74) is -2.07. The minimum atomic E-state index is -4.94. The van der Waals surface area contributed by atoms with Crippen molar-refractivity contribution in [3.8, 4) is 5.75 Å². The SMILES string of the molecule is Cc1cc(C(=O)NC[C@H]2CCCC(F)(F)C2)nc2c(C(F)(F)F)cc(OC(F)F)cc12. The number of amides is 1. The summed E-state index contributed by atoms with van der Waals surface area (Å²) in [4.78, 5) is 16.2. The molecule has 2 aromatic rings. The molecule has 1 aromatic carbocycles. The molecule has 4 nitrogen and oxygen atoms in total. The van der Waals surface area contributed by atoms with Gasteiger partial charge in [0.25, 0.3) is 5.91 Å². The van der Waals surface area contributed by atoms with Crippen molar-refractivity contribution in [3.05, 3.63) is 35.0 Å². The number of fused-ring (bicyclic) bond motifs is 1. The highest BCUT2D eigenvalue weighted by Crippen LogP contribution is 2.39. The van der Waals surface area contributed by atoms with Crippen molar-refractivity contribution < 1.29 is 40.3 Å². The van der Waals surface area contributed by atoms with Crippen LogP contribution in [0, 0.1) is 12.8 Å².